The van der Waals surface area contributed by atoms with E-state index in [0.717, 1.165) is 17.6 Å². The number of nitrogens with two attached hydrogens (primary N) is 1. The van der Waals surface area contributed by atoms with E-state index in [9.17, 15) is 0 Å². The second kappa shape index (κ2) is 6.52. The molecule has 0 aliphatic heterocycles. The van der Waals surface area contributed by atoms with E-state index in [0.29, 0.717) is 29.7 Å². The van der Waals surface area contributed by atoms with Gasteiger partial charge in [-0.1, -0.05) is 25.1 Å². The minimum Gasteiger partial charge on any atom is -0.493 e. The third kappa shape index (κ3) is 3.65. The van der Waals surface area contributed by atoms with Crippen molar-refractivity contribution in [3.8, 4) is 11.5 Å². The summed E-state index contributed by atoms with van der Waals surface area (Å²) in [5.41, 5.74) is 7.48. The summed E-state index contributed by atoms with van der Waals surface area (Å²) >= 11 is 6.13. The van der Waals surface area contributed by atoms with Crippen LogP contribution < -0.4 is 15.2 Å². The molecule has 0 atom stereocenters. The van der Waals surface area contributed by atoms with Gasteiger partial charge in [0.05, 0.1) is 12.1 Å². The third-order valence-corrected chi connectivity index (χ3v) is 2.73. The average molecular weight is 256 g/mol. The molecule has 0 spiro atoms. The first kappa shape index (κ1) is 13.9. The van der Waals surface area contributed by atoms with E-state index in [1.165, 1.54) is 0 Å². The number of ether oxygens (including phenoxy) is 2. The first-order chi connectivity index (χ1) is 8.12. The van der Waals surface area contributed by atoms with Crippen LogP contribution in [0, 0.1) is 0 Å². The van der Waals surface area contributed by atoms with Gasteiger partial charge in [0.15, 0.2) is 11.5 Å². The van der Waals surface area contributed by atoms with E-state index in [2.05, 4.69) is 6.58 Å². The number of rotatable bonds is 6. The fourth-order valence-corrected chi connectivity index (χ4v) is 1.60. The van der Waals surface area contributed by atoms with Crippen molar-refractivity contribution >= 4 is 11.6 Å². The summed E-state index contributed by atoms with van der Waals surface area (Å²) in [5.74, 6) is 1.14. The Morgan fingerprint density at radius 1 is 1.47 bits per heavy atom. The Kier molecular flexibility index (Phi) is 5.32. The molecule has 0 aromatic heterocycles. The SMILES string of the molecule is C=C(CC)COc1c(Cl)cc(CN)cc1OC. The highest BCUT2D eigenvalue weighted by Gasteiger charge is 2.11. The molecule has 3 nitrogen and oxygen atoms in total. The molecule has 0 heterocycles. The Bertz CT molecular complexity index is 405. The summed E-state index contributed by atoms with van der Waals surface area (Å²) < 4.78 is 10.9. The Balaban J connectivity index is 2.93. The molecule has 0 radical (unpaired) electrons. The molecule has 0 bridgehead atoms. The molecular formula is C13H18ClNO2. The van der Waals surface area contributed by atoms with E-state index in [-0.39, 0.29) is 0 Å². The number of halogens is 1. The molecular weight excluding hydrogens is 238 g/mol. The smallest absolute Gasteiger partial charge is 0.180 e. The largest absolute Gasteiger partial charge is 0.493 e. The van der Waals surface area contributed by atoms with Crippen LogP contribution in [0.4, 0.5) is 0 Å². The molecule has 0 aliphatic carbocycles. The van der Waals surface area contributed by atoms with Crippen molar-refractivity contribution in [1.82, 2.24) is 0 Å². The van der Waals surface area contributed by atoms with Gasteiger partial charge in [0, 0.05) is 6.54 Å². The summed E-state index contributed by atoms with van der Waals surface area (Å²) in [6.07, 6.45) is 0.876. The molecule has 0 unspecified atom stereocenters. The zero-order chi connectivity index (χ0) is 12.8. The average Bonchev–Trinajstić information content (AvgIpc) is 2.35. The number of benzene rings is 1. The van der Waals surface area contributed by atoms with Crippen LogP contribution in [0.3, 0.4) is 0 Å². The second-order valence-corrected chi connectivity index (χ2v) is 4.11. The van der Waals surface area contributed by atoms with Crippen LogP contribution >= 0.6 is 11.6 Å². The third-order valence-electron chi connectivity index (χ3n) is 2.45. The van der Waals surface area contributed by atoms with Crippen molar-refractivity contribution < 1.29 is 9.47 Å². The Morgan fingerprint density at radius 2 is 2.18 bits per heavy atom. The van der Waals surface area contributed by atoms with Gasteiger partial charge in [-0.2, -0.15) is 0 Å². The number of hydrogen-bond acceptors (Lipinski definition) is 3. The molecule has 1 rings (SSSR count). The van der Waals surface area contributed by atoms with Crippen LogP contribution in [0.5, 0.6) is 11.5 Å². The standard InChI is InChI=1S/C13H18ClNO2/c1-4-9(2)8-17-13-11(14)5-10(7-15)6-12(13)16-3/h5-6H,2,4,7-8,15H2,1,3H3. The van der Waals surface area contributed by atoms with Crippen LogP contribution in [-0.4, -0.2) is 13.7 Å². The number of hydrogen-bond donors (Lipinski definition) is 1. The minimum atomic E-state index is 0.415. The van der Waals surface area contributed by atoms with Gasteiger partial charge >= 0.3 is 0 Å². The molecule has 2 N–H and O–H groups in total. The maximum atomic E-state index is 6.13. The predicted octanol–water partition coefficient (Wildman–Crippen LogP) is 3.15. The molecule has 0 saturated carbocycles. The van der Waals surface area contributed by atoms with Crippen LogP contribution in [0.15, 0.2) is 24.3 Å². The van der Waals surface area contributed by atoms with Gasteiger partial charge in [-0.05, 0) is 29.7 Å². The first-order valence-corrected chi connectivity index (χ1v) is 5.86. The van der Waals surface area contributed by atoms with Gasteiger partial charge in [-0.3, -0.25) is 0 Å². The highest BCUT2D eigenvalue weighted by Crippen LogP contribution is 2.36. The van der Waals surface area contributed by atoms with E-state index < -0.39 is 0 Å². The maximum Gasteiger partial charge on any atom is 0.180 e. The molecule has 17 heavy (non-hydrogen) atoms. The molecule has 94 valence electrons. The monoisotopic (exact) mass is 255 g/mol. The van der Waals surface area contributed by atoms with E-state index in [4.69, 9.17) is 26.8 Å². The molecule has 0 saturated heterocycles. The van der Waals surface area contributed by atoms with E-state index >= 15 is 0 Å². The topological polar surface area (TPSA) is 44.5 Å². The second-order valence-electron chi connectivity index (χ2n) is 3.71. The van der Waals surface area contributed by atoms with Crippen LogP contribution in [0.25, 0.3) is 0 Å². The van der Waals surface area contributed by atoms with Crippen molar-refractivity contribution in [2.75, 3.05) is 13.7 Å². The molecule has 1 aromatic carbocycles. The molecule has 0 amide bonds. The van der Waals surface area contributed by atoms with Crippen molar-refractivity contribution in [2.24, 2.45) is 5.73 Å². The summed E-state index contributed by atoms with van der Waals surface area (Å²) in [6, 6.07) is 3.62. The van der Waals surface area contributed by atoms with Crippen LogP contribution in [0.2, 0.25) is 5.02 Å². The van der Waals surface area contributed by atoms with Crippen molar-refractivity contribution in [2.45, 2.75) is 19.9 Å². The summed E-state index contributed by atoms with van der Waals surface area (Å²) in [7, 11) is 1.58. The maximum absolute atomic E-state index is 6.13. The summed E-state index contributed by atoms with van der Waals surface area (Å²) in [4.78, 5) is 0. The van der Waals surface area contributed by atoms with Crippen LogP contribution in [0.1, 0.15) is 18.9 Å². The van der Waals surface area contributed by atoms with Gasteiger partial charge in [-0.15, -0.1) is 0 Å². The lowest BCUT2D eigenvalue weighted by molar-refractivity contribution is 0.317. The molecule has 4 heteroatoms. The Hall–Kier alpha value is -1.19. The lowest BCUT2D eigenvalue weighted by atomic mass is 10.2. The van der Waals surface area contributed by atoms with E-state index in [1.54, 1.807) is 13.2 Å². The zero-order valence-electron chi connectivity index (χ0n) is 10.3. The van der Waals surface area contributed by atoms with Gasteiger partial charge in [0.25, 0.3) is 0 Å². The summed E-state index contributed by atoms with van der Waals surface area (Å²) in [6.45, 7) is 6.76. The minimum absolute atomic E-state index is 0.415. The first-order valence-electron chi connectivity index (χ1n) is 5.48. The summed E-state index contributed by atoms with van der Waals surface area (Å²) in [5, 5.41) is 0.508. The van der Waals surface area contributed by atoms with E-state index in [1.807, 2.05) is 13.0 Å². The highest BCUT2D eigenvalue weighted by molar-refractivity contribution is 6.32. The molecule has 0 fully saturated rings. The predicted molar refractivity (Wildman–Crippen MR) is 70.8 cm³/mol. The highest BCUT2D eigenvalue weighted by atomic mass is 35.5. The van der Waals surface area contributed by atoms with Gasteiger partial charge < -0.3 is 15.2 Å². The number of methoxy groups -OCH3 is 1. The lowest BCUT2D eigenvalue weighted by Crippen LogP contribution is -2.03. The van der Waals surface area contributed by atoms with Crippen molar-refractivity contribution in [3.05, 3.63) is 34.9 Å². The zero-order valence-corrected chi connectivity index (χ0v) is 11.0. The molecule has 0 aliphatic rings. The van der Waals surface area contributed by atoms with Gasteiger partial charge in [-0.25, -0.2) is 0 Å². The fourth-order valence-electron chi connectivity index (χ4n) is 1.31. The Labute approximate surface area is 107 Å². The lowest BCUT2D eigenvalue weighted by Gasteiger charge is -2.14. The molecule has 1 aromatic rings. The van der Waals surface area contributed by atoms with Gasteiger partial charge in [0.1, 0.15) is 6.61 Å². The quantitative estimate of drug-likeness (QED) is 0.795. The van der Waals surface area contributed by atoms with Crippen molar-refractivity contribution in [1.29, 1.82) is 0 Å². The normalized spacial score (nSPS) is 10.1. The van der Waals surface area contributed by atoms with Crippen molar-refractivity contribution in [3.63, 3.8) is 0 Å². The Morgan fingerprint density at radius 3 is 2.71 bits per heavy atom. The van der Waals surface area contributed by atoms with Crippen LogP contribution in [-0.2, 0) is 6.54 Å². The fraction of sp³-hybridized carbons (Fsp3) is 0.385. The van der Waals surface area contributed by atoms with Gasteiger partial charge in [0.2, 0.25) is 0 Å².